The number of anilines is 3. The molecule has 0 spiro atoms. The van der Waals surface area contributed by atoms with Crippen LogP contribution in [0, 0.1) is 11.6 Å². The molecule has 0 aliphatic heterocycles. The van der Waals surface area contributed by atoms with Crippen molar-refractivity contribution < 1.29 is 18.7 Å². The lowest BCUT2D eigenvalue weighted by Crippen LogP contribution is -2.13. The number of rotatable bonds is 4. The van der Waals surface area contributed by atoms with Crippen LogP contribution in [0.3, 0.4) is 0 Å². The van der Waals surface area contributed by atoms with E-state index in [0.717, 1.165) is 6.07 Å². The number of phenols is 1. The fourth-order valence-corrected chi connectivity index (χ4v) is 2.16. The number of pyridine rings is 1. The van der Waals surface area contributed by atoms with Crippen molar-refractivity contribution in [2.75, 3.05) is 10.6 Å². The van der Waals surface area contributed by atoms with Crippen molar-refractivity contribution in [1.82, 2.24) is 4.98 Å². The second-order valence-electron chi connectivity index (χ2n) is 5.18. The Hall–Kier alpha value is -3.48. The highest BCUT2D eigenvalue weighted by Crippen LogP contribution is 2.29. The van der Waals surface area contributed by atoms with Gasteiger partial charge in [-0.1, -0.05) is 0 Å². The summed E-state index contributed by atoms with van der Waals surface area (Å²) in [6.07, 6.45) is 2.95. The van der Waals surface area contributed by atoms with E-state index < -0.39 is 23.3 Å². The van der Waals surface area contributed by atoms with Crippen molar-refractivity contribution in [2.24, 2.45) is 0 Å². The molecule has 0 fully saturated rings. The average molecular weight is 341 g/mol. The zero-order valence-electron chi connectivity index (χ0n) is 12.8. The molecule has 0 bridgehead atoms. The zero-order valence-corrected chi connectivity index (χ0v) is 12.8. The molecule has 3 rings (SSSR count). The first-order valence-corrected chi connectivity index (χ1v) is 7.29. The molecule has 1 amide bonds. The van der Waals surface area contributed by atoms with Gasteiger partial charge in [0.2, 0.25) is 0 Å². The van der Waals surface area contributed by atoms with Crippen LogP contribution in [-0.2, 0) is 0 Å². The van der Waals surface area contributed by atoms with E-state index in [2.05, 4.69) is 15.6 Å². The van der Waals surface area contributed by atoms with Gasteiger partial charge >= 0.3 is 0 Å². The quantitative estimate of drug-likeness (QED) is 0.626. The van der Waals surface area contributed by atoms with Crippen molar-refractivity contribution in [3.8, 4) is 5.75 Å². The Labute approximate surface area is 142 Å². The van der Waals surface area contributed by atoms with E-state index in [1.165, 1.54) is 36.5 Å². The molecule has 0 radical (unpaired) electrons. The Kier molecular flexibility index (Phi) is 4.56. The minimum absolute atomic E-state index is 0.238. The molecule has 0 atom stereocenters. The van der Waals surface area contributed by atoms with Gasteiger partial charge in [-0.05, 0) is 42.5 Å². The predicted octanol–water partition coefficient (Wildman–Crippen LogP) is 4.06. The van der Waals surface area contributed by atoms with E-state index in [-0.39, 0.29) is 11.4 Å². The topological polar surface area (TPSA) is 74.2 Å². The number of carbonyl (C=O) groups is 1. The van der Waals surface area contributed by atoms with Crippen LogP contribution in [-0.4, -0.2) is 16.0 Å². The van der Waals surface area contributed by atoms with Crippen LogP contribution in [0.2, 0.25) is 0 Å². The molecule has 1 aromatic heterocycles. The van der Waals surface area contributed by atoms with Gasteiger partial charge in [0.05, 0.1) is 16.9 Å². The molecule has 0 saturated carbocycles. The van der Waals surface area contributed by atoms with Gasteiger partial charge in [0, 0.05) is 24.1 Å². The number of carbonyl (C=O) groups excluding carboxylic acids is 1. The summed E-state index contributed by atoms with van der Waals surface area (Å²) in [6, 6.07) is 10.6. The molecule has 0 aliphatic rings. The lowest BCUT2D eigenvalue weighted by atomic mass is 10.2. The van der Waals surface area contributed by atoms with E-state index in [0.29, 0.717) is 11.3 Å². The lowest BCUT2D eigenvalue weighted by Gasteiger charge is -2.14. The summed E-state index contributed by atoms with van der Waals surface area (Å²) in [5.41, 5.74) is 1.18. The monoisotopic (exact) mass is 341 g/mol. The highest BCUT2D eigenvalue weighted by atomic mass is 19.1. The van der Waals surface area contributed by atoms with Gasteiger partial charge in [-0.25, -0.2) is 8.78 Å². The van der Waals surface area contributed by atoms with Gasteiger partial charge in [-0.2, -0.15) is 0 Å². The second-order valence-corrected chi connectivity index (χ2v) is 5.18. The van der Waals surface area contributed by atoms with E-state index in [1.807, 2.05) is 0 Å². The summed E-state index contributed by atoms with van der Waals surface area (Å²) in [6.45, 7) is 0. The Morgan fingerprint density at radius 3 is 2.60 bits per heavy atom. The molecule has 126 valence electrons. The number of amides is 1. The van der Waals surface area contributed by atoms with Crippen LogP contribution in [0.4, 0.5) is 25.8 Å². The summed E-state index contributed by atoms with van der Waals surface area (Å²) in [5, 5.41) is 14.7. The van der Waals surface area contributed by atoms with Crippen LogP contribution >= 0.6 is 0 Å². The molecule has 0 aliphatic carbocycles. The molecule has 0 saturated heterocycles. The third-order valence-electron chi connectivity index (χ3n) is 3.38. The molecule has 25 heavy (non-hydrogen) atoms. The Morgan fingerprint density at radius 2 is 1.88 bits per heavy atom. The summed E-state index contributed by atoms with van der Waals surface area (Å²) in [5.74, 6) is -2.25. The third kappa shape index (κ3) is 3.89. The number of benzene rings is 2. The van der Waals surface area contributed by atoms with Crippen molar-refractivity contribution in [1.29, 1.82) is 0 Å². The van der Waals surface area contributed by atoms with Crippen molar-refractivity contribution in [2.45, 2.75) is 0 Å². The maximum Gasteiger partial charge on any atom is 0.257 e. The first-order chi connectivity index (χ1) is 12.0. The van der Waals surface area contributed by atoms with Crippen molar-refractivity contribution >= 4 is 23.0 Å². The summed E-state index contributed by atoms with van der Waals surface area (Å²) in [7, 11) is 0. The molecule has 0 unspecified atom stereocenters. The largest absolute Gasteiger partial charge is 0.505 e. The van der Waals surface area contributed by atoms with E-state index >= 15 is 0 Å². The average Bonchev–Trinajstić information content (AvgIpc) is 2.61. The summed E-state index contributed by atoms with van der Waals surface area (Å²) < 4.78 is 27.0. The Bertz CT molecular complexity index is 917. The van der Waals surface area contributed by atoms with E-state index in [1.54, 1.807) is 18.3 Å². The molecule has 7 heteroatoms. The first-order valence-electron chi connectivity index (χ1n) is 7.29. The van der Waals surface area contributed by atoms with Gasteiger partial charge < -0.3 is 15.7 Å². The highest BCUT2D eigenvalue weighted by molar-refractivity contribution is 6.05. The minimum atomic E-state index is -0.817. The SMILES string of the molecule is O=C(Nc1ccc(F)cc1Nc1ccc(O)c(F)c1)c1cccnc1. The molecule has 2 aromatic carbocycles. The van der Waals surface area contributed by atoms with Gasteiger partial charge in [-0.15, -0.1) is 0 Å². The van der Waals surface area contributed by atoms with Crippen molar-refractivity contribution in [3.05, 3.63) is 78.1 Å². The second kappa shape index (κ2) is 6.96. The number of phenolic OH excluding ortho intramolecular Hbond substituents is 1. The lowest BCUT2D eigenvalue weighted by molar-refractivity contribution is 0.102. The van der Waals surface area contributed by atoms with Gasteiger partial charge in [0.15, 0.2) is 11.6 Å². The molecular formula is C18H13F2N3O2. The minimum Gasteiger partial charge on any atom is -0.505 e. The number of hydrogen-bond donors (Lipinski definition) is 3. The Morgan fingerprint density at radius 1 is 1.04 bits per heavy atom. The number of nitrogens with zero attached hydrogens (tertiary/aromatic N) is 1. The third-order valence-corrected chi connectivity index (χ3v) is 3.38. The van der Waals surface area contributed by atoms with Crippen molar-refractivity contribution in [3.63, 3.8) is 0 Å². The van der Waals surface area contributed by atoms with Crippen LogP contribution in [0.5, 0.6) is 5.75 Å². The maximum absolute atomic E-state index is 13.6. The van der Waals surface area contributed by atoms with Crippen LogP contribution in [0.15, 0.2) is 60.9 Å². The number of hydrogen-bond acceptors (Lipinski definition) is 4. The maximum atomic E-state index is 13.6. The van der Waals surface area contributed by atoms with E-state index in [9.17, 15) is 18.7 Å². The fraction of sp³-hybridized carbons (Fsp3) is 0. The summed E-state index contributed by atoms with van der Waals surface area (Å²) >= 11 is 0. The highest BCUT2D eigenvalue weighted by Gasteiger charge is 2.11. The number of halogens is 2. The smallest absolute Gasteiger partial charge is 0.257 e. The van der Waals surface area contributed by atoms with Crippen LogP contribution in [0.25, 0.3) is 0 Å². The van der Waals surface area contributed by atoms with Gasteiger partial charge in [0.1, 0.15) is 5.82 Å². The number of nitrogens with one attached hydrogen (secondary N) is 2. The van der Waals surface area contributed by atoms with Crippen LogP contribution < -0.4 is 10.6 Å². The molecular weight excluding hydrogens is 328 g/mol. The molecule has 3 aromatic rings. The van der Waals surface area contributed by atoms with E-state index in [4.69, 9.17) is 0 Å². The standard InChI is InChI=1S/C18H13F2N3O2/c19-12-3-5-15(23-18(25)11-2-1-7-21-10-11)16(8-12)22-13-4-6-17(24)14(20)9-13/h1-10,22,24H,(H,23,25). The number of aromatic nitrogens is 1. The summed E-state index contributed by atoms with van der Waals surface area (Å²) in [4.78, 5) is 16.1. The molecule has 1 heterocycles. The molecule has 5 nitrogen and oxygen atoms in total. The fourth-order valence-electron chi connectivity index (χ4n) is 2.16. The van der Waals surface area contributed by atoms with Gasteiger partial charge in [-0.3, -0.25) is 9.78 Å². The number of aromatic hydroxyl groups is 1. The predicted molar refractivity (Wildman–Crippen MR) is 89.9 cm³/mol. The molecule has 3 N–H and O–H groups in total. The van der Waals surface area contributed by atoms with Gasteiger partial charge in [0.25, 0.3) is 5.91 Å². The first kappa shape index (κ1) is 16.4. The van der Waals surface area contributed by atoms with Crippen LogP contribution in [0.1, 0.15) is 10.4 Å². The Balaban J connectivity index is 1.87. The normalized spacial score (nSPS) is 10.3. The zero-order chi connectivity index (χ0) is 17.8.